The Bertz CT molecular complexity index is 2210. The first-order valence-electron chi connectivity index (χ1n) is 16.4. The molecule has 0 fully saturated rings. The van der Waals surface area contributed by atoms with Crippen LogP contribution in [0.1, 0.15) is 63.9 Å². The van der Waals surface area contributed by atoms with Crippen molar-refractivity contribution in [1.29, 1.82) is 0 Å². The van der Waals surface area contributed by atoms with E-state index in [9.17, 15) is 0 Å². The molecule has 0 radical (unpaired) electrons. The number of aromatic nitrogens is 4. The fourth-order valence-electron chi connectivity index (χ4n) is 6.27. The summed E-state index contributed by atoms with van der Waals surface area (Å²) in [5, 5.41) is 7.49. The van der Waals surface area contributed by atoms with Crippen LogP contribution in [0.15, 0.2) is 103 Å². The first-order chi connectivity index (χ1) is 22.7. The molecule has 0 aliphatic rings. The second kappa shape index (κ2) is 13.6. The van der Waals surface area contributed by atoms with Crippen LogP contribution in [0.5, 0.6) is 11.5 Å². The maximum atomic E-state index is 6.50. The number of para-hydroxylation sites is 1. The molecule has 6 heteroatoms. The molecule has 0 spiro atoms. The van der Waals surface area contributed by atoms with Gasteiger partial charge in [-0.15, -0.1) is 35.7 Å². The van der Waals surface area contributed by atoms with Crippen LogP contribution in [0.25, 0.3) is 44.4 Å². The third kappa shape index (κ3) is 6.61. The fourth-order valence-corrected chi connectivity index (χ4v) is 6.27. The van der Waals surface area contributed by atoms with Crippen molar-refractivity contribution in [3.8, 4) is 34.1 Å². The topological polar surface area (TPSA) is 44.9 Å². The molecule has 0 amide bonds. The molecule has 7 aromatic rings. The minimum absolute atomic E-state index is 0. The van der Waals surface area contributed by atoms with E-state index >= 15 is 0 Å². The van der Waals surface area contributed by atoms with E-state index in [2.05, 4.69) is 136 Å². The van der Waals surface area contributed by atoms with Crippen LogP contribution in [0, 0.1) is 24.5 Å². The minimum atomic E-state index is 0. The summed E-state index contributed by atoms with van der Waals surface area (Å²) in [4.78, 5) is 4.71. The molecular formula is C42H40N4OPd. The first kappa shape index (κ1) is 33.4. The number of pyridine rings is 1. The Morgan fingerprint density at radius 1 is 0.812 bits per heavy atom. The summed E-state index contributed by atoms with van der Waals surface area (Å²) in [7, 11) is 0. The Morgan fingerprint density at radius 3 is 2.31 bits per heavy atom. The van der Waals surface area contributed by atoms with Crippen LogP contribution in [0.4, 0.5) is 0 Å². The number of rotatable bonds is 8. The molecule has 3 aromatic heterocycles. The van der Waals surface area contributed by atoms with Crippen molar-refractivity contribution in [3.63, 3.8) is 0 Å². The van der Waals surface area contributed by atoms with Gasteiger partial charge in [-0.3, -0.25) is 4.68 Å². The minimum Gasteiger partial charge on any atom is -0.509 e. The summed E-state index contributed by atoms with van der Waals surface area (Å²) in [6, 6.07) is 40.4. The number of nitrogens with zero attached hydrogens (tertiary/aromatic N) is 4. The molecule has 3 heterocycles. The summed E-state index contributed by atoms with van der Waals surface area (Å²) >= 11 is 0. The average molecular weight is 723 g/mol. The third-order valence-corrected chi connectivity index (χ3v) is 8.62. The van der Waals surface area contributed by atoms with Gasteiger partial charge in [-0.05, 0) is 71.5 Å². The molecule has 244 valence electrons. The van der Waals surface area contributed by atoms with Gasteiger partial charge < -0.3 is 9.30 Å². The summed E-state index contributed by atoms with van der Waals surface area (Å²) in [5.74, 6) is 2.34. The van der Waals surface area contributed by atoms with Gasteiger partial charge in [0, 0.05) is 34.5 Å². The third-order valence-electron chi connectivity index (χ3n) is 8.62. The Labute approximate surface area is 297 Å². The molecule has 0 atom stereocenters. The van der Waals surface area contributed by atoms with E-state index in [0.717, 1.165) is 57.4 Å². The van der Waals surface area contributed by atoms with Gasteiger partial charge in [0.25, 0.3) is 0 Å². The molecule has 0 saturated heterocycles. The Hall–Kier alpha value is -4.50. The zero-order valence-electron chi connectivity index (χ0n) is 28.3. The number of hydrogen-bond donors (Lipinski definition) is 0. The van der Waals surface area contributed by atoms with Gasteiger partial charge in [0.1, 0.15) is 5.82 Å². The second-order valence-corrected chi connectivity index (χ2v) is 13.8. The number of ether oxygens (including phenoxy) is 1. The fraction of sp³-hybridized carbons (Fsp3) is 0.238. The van der Waals surface area contributed by atoms with Gasteiger partial charge in [-0.2, -0.15) is 17.2 Å². The molecule has 0 N–H and O–H groups in total. The number of fused-ring (bicyclic) bond motifs is 3. The van der Waals surface area contributed by atoms with Crippen LogP contribution < -0.4 is 4.74 Å². The molecule has 0 saturated carbocycles. The smallest absolute Gasteiger partial charge is 0.509 e. The second-order valence-electron chi connectivity index (χ2n) is 13.8. The van der Waals surface area contributed by atoms with Gasteiger partial charge >= 0.3 is 20.4 Å². The maximum absolute atomic E-state index is 6.50. The molecule has 0 unspecified atom stereocenters. The standard InChI is InChI=1S/C42H40N4O.Pd/c1-28(2)41-40(30-13-8-7-9-14-30)37(21-23-42(4,5)6)46(44-41)31-15-12-16-32(26-31)47-33-19-20-35-34-17-10-11-18-36(34)45(38(35)27-33)39-25-29(3)22-24-43-39;/h7-20,22,24-25,28H,21,23H2,1-6H3;/q-2;+2. The van der Waals surface area contributed by atoms with Crippen molar-refractivity contribution in [2.45, 2.75) is 60.3 Å². The van der Waals surface area contributed by atoms with Crippen molar-refractivity contribution in [2.24, 2.45) is 5.41 Å². The Morgan fingerprint density at radius 2 is 1.56 bits per heavy atom. The number of aryl methyl sites for hydroxylation is 1. The summed E-state index contributed by atoms with van der Waals surface area (Å²) in [6.07, 6.45) is 3.78. The zero-order valence-corrected chi connectivity index (χ0v) is 29.9. The van der Waals surface area contributed by atoms with Crippen molar-refractivity contribution >= 4 is 21.8 Å². The van der Waals surface area contributed by atoms with Crippen LogP contribution in [0.2, 0.25) is 0 Å². The largest absolute Gasteiger partial charge is 2.00 e. The van der Waals surface area contributed by atoms with Crippen molar-refractivity contribution in [1.82, 2.24) is 19.3 Å². The number of hydrogen-bond acceptors (Lipinski definition) is 3. The van der Waals surface area contributed by atoms with Gasteiger partial charge in [0.15, 0.2) is 0 Å². The predicted octanol–water partition coefficient (Wildman–Crippen LogP) is 10.8. The van der Waals surface area contributed by atoms with E-state index in [0.29, 0.717) is 11.5 Å². The van der Waals surface area contributed by atoms with Gasteiger partial charge in [0.2, 0.25) is 0 Å². The van der Waals surface area contributed by atoms with Crippen molar-refractivity contribution in [3.05, 3.63) is 132 Å². The average Bonchev–Trinajstić information content (AvgIpc) is 3.60. The molecule has 7 rings (SSSR count). The van der Waals surface area contributed by atoms with E-state index in [1.807, 2.05) is 30.5 Å². The first-order valence-corrected chi connectivity index (χ1v) is 16.4. The Balaban J connectivity index is 0.00000401. The molecule has 4 aromatic carbocycles. The van der Waals surface area contributed by atoms with Gasteiger partial charge in [-0.1, -0.05) is 88.7 Å². The number of benzene rings is 4. The molecule has 48 heavy (non-hydrogen) atoms. The molecule has 0 bridgehead atoms. The van der Waals surface area contributed by atoms with E-state index in [1.54, 1.807) is 0 Å². The summed E-state index contributed by atoms with van der Waals surface area (Å²) in [5.41, 5.74) is 8.90. The van der Waals surface area contributed by atoms with E-state index in [4.69, 9.17) is 14.8 Å². The van der Waals surface area contributed by atoms with E-state index in [-0.39, 0.29) is 31.8 Å². The van der Waals surface area contributed by atoms with E-state index in [1.165, 1.54) is 16.8 Å². The maximum Gasteiger partial charge on any atom is 2.00 e. The molecule has 0 aliphatic heterocycles. The Kier molecular flexibility index (Phi) is 9.43. The quantitative estimate of drug-likeness (QED) is 0.116. The summed E-state index contributed by atoms with van der Waals surface area (Å²) in [6.45, 7) is 13.4. The molecule has 5 nitrogen and oxygen atoms in total. The molecule has 0 aliphatic carbocycles. The monoisotopic (exact) mass is 722 g/mol. The van der Waals surface area contributed by atoms with Crippen molar-refractivity contribution < 1.29 is 25.2 Å². The van der Waals surface area contributed by atoms with Crippen molar-refractivity contribution in [2.75, 3.05) is 0 Å². The van der Waals surface area contributed by atoms with Gasteiger partial charge in [-0.25, -0.2) is 4.98 Å². The van der Waals surface area contributed by atoms with Crippen LogP contribution >= 0.6 is 0 Å². The molecular weight excluding hydrogens is 683 g/mol. The predicted molar refractivity (Wildman–Crippen MR) is 192 cm³/mol. The zero-order chi connectivity index (χ0) is 32.7. The normalized spacial score (nSPS) is 11.7. The van der Waals surface area contributed by atoms with Crippen LogP contribution in [-0.2, 0) is 26.8 Å². The van der Waals surface area contributed by atoms with E-state index < -0.39 is 0 Å². The SMILES string of the molecule is Cc1ccnc(-n2c3[c-]c(Oc4[c-]c(-n5nc(C(C)C)c(-c6ccccc6)c5CCC(C)(C)C)ccc4)ccc3c3ccccc32)c1.[Pd+2]. The van der Waals surface area contributed by atoms with Gasteiger partial charge in [0.05, 0.1) is 5.69 Å². The van der Waals surface area contributed by atoms with Crippen LogP contribution in [0.3, 0.4) is 0 Å². The van der Waals surface area contributed by atoms with Crippen LogP contribution in [-0.4, -0.2) is 19.3 Å². The summed E-state index contributed by atoms with van der Waals surface area (Å²) < 4.78 is 10.7.